The van der Waals surface area contributed by atoms with E-state index in [-0.39, 0.29) is 4.90 Å². The number of ether oxygens (including phenoxy) is 1. The molecule has 22 heavy (non-hydrogen) atoms. The third-order valence-electron chi connectivity index (χ3n) is 3.58. The average Bonchev–Trinajstić information content (AvgIpc) is 2.95. The van der Waals surface area contributed by atoms with Crippen molar-refractivity contribution in [1.82, 2.24) is 4.72 Å². The first-order valence-corrected chi connectivity index (χ1v) is 8.53. The first kappa shape index (κ1) is 15.0. The van der Waals surface area contributed by atoms with Crippen LogP contribution in [0.25, 0.3) is 0 Å². The number of hydrogen-bond acceptors (Lipinski definition) is 3. The van der Waals surface area contributed by atoms with Gasteiger partial charge in [0.15, 0.2) is 0 Å². The zero-order valence-corrected chi connectivity index (χ0v) is 12.7. The number of halogens is 1. The molecule has 0 spiro atoms. The van der Waals surface area contributed by atoms with Crippen LogP contribution in [0.3, 0.4) is 0 Å². The summed E-state index contributed by atoms with van der Waals surface area (Å²) >= 11 is 0. The van der Waals surface area contributed by atoms with Crippen molar-refractivity contribution in [2.24, 2.45) is 0 Å². The topological polar surface area (TPSA) is 55.4 Å². The highest BCUT2D eigenvalue weighted by atomic mass is 32.2. The van der Waals surface area contributed by atoms with Gasteiger partial charge in [-0.05, 0) is 47.9 Å². The Morgan fingerprint density at radius 2 is 1.91 bits per heavy atom. The van der Waals surface area contributed by atoms with Crippen molar-refractivity contribution < 1.29 is 17.5 Å². The first-order valence-electron chi connectivity index (χ1n) is 7.04. The van der Waals surface area contributed by atoms with Gasteiger partial charge in [-0.15, -0.1) is 0 Å². The normalized spacial score (nSPS) is 13.7. The maximum absolute atomic E-state index is 12.8. The molecule has 4 nitrogen and oxygen atoms in total. The van der Waals surface area contributed by atoms with Crippen LogP contribution < -0.4 is 9.46 Å². The van der Waals surface area contributed by atoms with Gasteiger partial charge in [-0.1, -0.05) is 12.1 Å². The van der Waals surface area contributed by atoms with Crippen molar-refractivity contribution in [3.63, 3.8) is 0 Å². The third kappa shape index (κ3) is 3.28. The second kappa shape index (κ2) is 6.06. The molecule has 0 saturated carbocycles. The quantitative estimate of drug-likeness (QED) is 0.919. The predicted molar refractivity (Wildman–Crippen MR) is 80.9 cm³/mol. The van der Waals surface area contributed by atoms with E-state index in [1.54, 1.807) is 0 Å². The van der Waals surface area contributed by atoms with Gasteiger partial charge in [-0.25, -0.2) is 17.5 Å². The molecule has 1 heterocycles. The second-order valence-electron chi connectivity index (χ2n) is 5.14. The lowest BCUT2D eigenvalue weighted by Gasteiger charge is -2.08. The van der Waals surface area contributed by atoms with Crippen LogP contribution in [0.2, 0.25) is 0 Å². The SMILES string of the molecule is O=S(=O)(NCCc1ccc2c(c1)CCO2)c1ccc(F)cc1. The fourth-order valence-electron chi connectivity index (χ4n) is 2.42. The van der Waals surface area contributed by atoms with Crippen LogP contribution in [0.4, 0.5) is 4.39 Å². The Morgan fingerprint density at radius 3 is 2.68 bits per heavy atom. The van der Waals surface area contributed by atoms with Crippen LogP contribution in [-0.4, -0.2) is 21.6 Å². The van der Waals surface area contributed by atoms with E-state index in [9.17, 15) is 12.8 Å². The van der Waals surface area contributed by atoms with E-state index in [1.807, 2.05) is 12.1 Å². The summed E-state index contributed by atoms with van der Waals surface area (Å²) in [6.07, 6.45) is 1.48. The number of rotatable bonds is 5. The van der Waals surface area contributed by atoms with E-state index in [0.29, 0.717) is 19.6 Å². The summed E-state index contributed by atoms with van der Waals surface area (Å²) in [5, 5.41) is 0. The van der Waals surface area contributed by atoms with Gasteiger partial charge in [0.05, 0.1) is 11.5 Å². The zero-order valence-electron chi connectivity index (χ0n) is 11.9. The molecule has 1 N–H and O–H groups in total. The number of sulfonamides is 1. The lowest BCUT2D eigenvalue weighted by atomic mass is 10.1. The maximum atomic E-state index is 12.8. The van der Waals surface area contributed by atoms with Crippen molar-refractivity contribution in [2.45, 2.75) is 17.7 Å². The monoisotopic (exact) mass is 321 g/mol. The zero-order chi connectivity index (χ0) is 15.6. The van der Waals surface area contributed by atoms with E-state index in [4.69, 9.17) is 4.74 Å². The fraction of sp³-hybridized carbons (Fsp3) is 0.250. The van der Waals surface area contributed by atoms with Crippen molar-refractivity contribution in [3.8, 4) is 5.75 Å². The van der Waals surface area contributed by atoms with Gasteiger partial charge < -0.3 is 4.74 Å². The Labute approximate surface area is 129 Å². The lowest BCUT2D eigenvalue weighted by Crippen LogP contribution is -2.26. The van der Waals surface area contributed by atoms with E-state index < -0.39 is 15.8 Å². The second-order valence-corrected chi connectivity index (χ2v) is 6.91. The van der Waals surface area contributed by atoms with Crippen molar-refractivity contribution >= 4 is 10.0 Å². The molecule has 0 fully saturated rings. The molecule has 0 aromatic heterocycles. The fourth-order valence-corrected chi connectivity index (χ4v) is 3.45. The minimum atomic E-state index is -3.60. The van der Waals surface area contributed by atoms with E-state index >= 15 is 0 Å². The van der Waals surface area contributed by atoms with Gasteiger partial charge >= 0.3 is 0 Å². The number of hydrogen-bond donors (Lipinski definition) is 1. The van der Waals surface area contributed by atoms with Gasteiger partial charge in [0.25, 0.3) is 0 Å². The molecule has 116 valence electrons. The Kier molecular flexibility index (Phi) is 4.13. The van der Waals surface area contributed by atoms with Gasteiger partial charge in [-0.2, -0.15) is 0 Å². The molecular weight excluding hydrogens is 305 g/mol. The van der Waals surface area contributed by atoms with Crippen LogP contribution in [0.5, 0.6) is 5.75 Å². The molecule has 0 atom stereocenters. The van der Waals surface area contributed by atoms with Crippen LogP contribution >= 0.6 is 0 Å². The van der Waals surface area contributed by atoms with E-state index in [2.05, 4.69) is 10.8 Å². The first-order chi connectivity index (χ1) is 10.5. The van der Waals surface area contributed by atoms with Crippen LogP contribution in [-0.2, 0) is 22.9 Å². The highest BCUT2D eigenvalue weighted by Gasteiger charge is 2.14. The Hall–Kier alpha value is -1.92. The molecule has 6 heteroatoms. The minimum absolute atomic E-state index is 0.0660. The van der Waals surface area contributed by atoms with Gasteiger partial charge in [-0.3, -0.25) is 0 Å². The van der Waals surface area contributed by atoms with Crippen LogP contribution in [0.1, 0.15) is 11.1 Å². The molecule has 1 aliphatic heterocycles. The van der Waals surface area contributed by atoms with Crippen molar-refractivity contribution in [3.05, 3.63) is 59.4 Å². The molecule has 0 saturated heterocycles. The van der Waals surface area contributed by atoms with E-state index in [0.717, 1.165) is 29.9 Å². The summed E-state index contributed by atoms with van der Waals surface area (Å²) in [5.41, 5.74) is 2.23. The molecule has 0 radical (unpaired) electrons. The largest absolute Gasteiger partial charge is 0.493 e. The van der Waals surface area contributed by atoms with Crippen LogP contribution in [0.15, 0.2) is 47.4 Å². The maximum Gasteiger partial charge on any atom is 0.240 e. The molecule has 0 amide bonds. The van der Waals surface area contributed by atoms with Gasteiger partial charge in [0.2, 0.25) is 10.0 Å². The minimum Gasteiger partial charge on any atom is -0.493 e. The molecule has 0 bridgehead atoms. The van der Waals surface area contributed by atoms with E-state index in [1.165, 1.54) is 17.7 Å². The summed E-state index contributed by atoms with van der Waals surface area (Å²) in [4.78, 5) is 0.0660. The number of fused-ring (bicyclic) bond motifs is 1. The molecular formula is C16H16FNO3S. The summed E-state index contributed by atoms with van der Waals surface area (Å²) in [6, 6.07) is 10.7. The molecule has 2 aromatic carbocycles. The lowest BCUT2D eigenvalue weighted by molar-refractivity contribution is 0.357. The summed E-state index contributed by atoms with van der Waals surface area (Å²) in [6.45, 7) is 0.995. The summed E-state index contributed by atoms with van der Waals surface area (Å²) < 4.78 is 44.9. The Bertz CT molecular complexity index is 772. The third-order valence-corrected chi connectivity index (χ3v) is 5.06. The Balaban J connectivity index is 1.61. The van der Waals surface area contributed by atoms with Crippen molar-refractivity contribution in [1.29, 1.82) is 0 Å². The van der Waals surface area contributed by atoms with Crippen molar-refractivity contribution in [2.75, 3.05) is 13.2 Å². The Morgan fingerprint density at radius 1 is 1.14 bits per heavy atom. The smallest absolute Gasteiger partial charge is 0.240 e. The summed E-state index contributed by atoms with van der Waals surface area (Å²) in [7, 11) is -3.60. The molecule has 0 unspecified atom stereocenters. The number of benzene rings is 2. The summed E-state index contributed by atoms with van der Waals surface area (Å²) in [5.74, 6) is 0.454. The highest BCUT2D eigenvalue weighted by molar-refractivity contribution is 7.89. The van der Waals surface area contributed by atoms with Crippen LogP contribution in [0, 0.1) is 5.82 Å². The predicted octanol–water partition coefficient (Wildman–Crippen LogP) is 2.28. The number of nitrogens with one attached hydrogen (secondary N) is 1. The average molecular weight is 321 g/mol. The molecule has 2 aromatic rings. The standard InChI is InChI=1S/C16H16FNO3S/c17-14-2-4-15(5-3-14)22(19,20)18-9-7-12-1-6-16-13(11-12)8-10-21-16/h1-6,11,18H,7-10H2. The highest BCUT2D eigenvalue weighted by Crippen LogP contribution is 2.25. The molecule has 3 rings (SSSR count). The van der Waals surface area contributed by atoms with Gasteiger partial charge in [0.1, 0.15) is 11.6 Å². The molecule has 1 aliphatic rings. The van der Waals surface area contributed by atoms with Gasteiger partial charge in [0, 0.05) is 13.0 Å². The molecule has 0 aliphatic carbocycles.